The summed E-state index contributed by atoms with van der Waals surface area (Å²) in [4.78, 5) is 18.7. The fourth-order valence-corrected chi connectivity index (χ4v) is 3.30. The van der Waals surface area contributed by atoms with Crippen molar-refractivity contribution in [2.75, 3.05) is 0 Å². The topological polar surface area (TPSA) is 138 Å². The van der Waals surface area contributed by atoms with Crippen LogP contribution >= 0.6 is 7.60 Å². The van der Waals surface area contributed by atoms with Gasteiger partial charge in [-0.15, -0.1) is 0 Å². The first-order valence-corrected chi connectivity index (χ1v) is 8.83. The Labute approximate surface area is 138 Å². The van der Waals surface area contributed by atoms with Crippen molar-refractivity contribution in [2.24, 2.45) is 0 Å². The summed E-state index contributed by atoms with van der Waals surface area (Å²) in [5.41, 5.74) is 0.545. The van der Waals surface area contributed by atoms with Gasteiger partial charge in [0.1, 0.15) is 11.5 Å². The fraction of sp³-hybridized carbons (Fsp3) is 0.250. The summed E-state index contributed by atoms with van der Waals surface area (Å²) in [7, 11) is -4.78. The van der Waals surface area contributed by atoms with Gasteiger partial charge in [-0.1, -0.05) is 12.1 Å². The molecule has 0 aromatic heterocycles. The number of phenols is 2. The highest BCUT2D eigenvalue weighted by Gasteiger charge is 2.34. The van der Waals surface area contributed by atoms with Crippen LogP contribution in [0.5, 0.6) is 11.5 Å². The second-order valence-corrected chi connectivity index (χ2v) is 7.15. The van der Waals surface area contributed by atoms with Crippen molar-refractivity contribution in [1.29, 1.82) is 0 Å². The Hall–Kier alpha value is -1.89. The molecule has 0 aliphatic heterocycles. The molecular formula is C16H19O7P. The molecule has 2 aromatic carbocycles. The van der Waals surface area contributed by atoms with E-state index < -0.39 is 18.7 Å². The molecule has 8 heteroatoms. The molecule has 0 fully saturated rings. The minimum Gasteiger partial charge on any atom is -0.508 e. The summed E-state index contributed by atoms with van der Waals surface area (Å²) in [6, 6.07) is 9.50. The zero-order valence-electron chi connectivity index (χ0n) is 12.7. The summed E-state index contributed by atoms with van der Waals surface area (Å²) < 4.78 is 11.5. The molecule has 2 rings (SSSR count). The number of hydrogen-bond donors (Lipinski definition) is 6. The highest BCUT2D eigenvalue weighted by Crippen LogP contribution is 2.39. The van der Waals surface area contributed by atoms with Crippen LogP contribution in [0.25, 0.3) is 0 Å². The Morgan fingerprint density at radius 1 is 0.917 bits per heavy atom. The quantitative estimate of drug-likeness (QED) is 0.337. The van der Waals surface area contributed by atoms with Gasteiger partial charge in [0.2, 0.25) is 0 Å². The second kappa shape index (κ2) is 6.93. The molecule has 0 bridgehead atoms. The third kappa shape index (κ3) is 4.56. The number of hydrogen-bond acceptors (Lipinski definition) is 5. The van der Waals surface area contributed by atoms with Gasteiger partial charge in [-0.2, -0.15) is 0 Å². The van der Waals surface area contributed by atoms with Crippen LogP contribution < -0.4 is 5.30 Å². The van der Waals surface area contributed by atoms with Crippen LogP contribution in [0.2, 0.25) is 0 Å². The van der Waals surface area contributed by atoms with Crippen molar-refractivity contribution in [3.05, 3.63) is 53.6 Å². The Morgan fingerprint density at radius 3 is 2.08 bits per heavy atom. The lowest BCUT2D eigenvalue weighted by molar-refractivity contribution is -0.174. The number of aromatic hydroxyl groups is 2. The number of rotatable bonds is 6. The zero-order valence-corrected chi connectivity index (χ0v) is 13.6. The van der Waals surface area contributed by atoms with E-state index in [1.54, 1.807) is 12.1 Å². The molecule has 0 saturated carbocycles. The van der Waals surface area contributed by atoms with Gasteiger partial charge in [-0.05, 0) is 48.7 Å². The van der Waals surface area contributed by atoms with Gasteiger partial charge in [0, 0.05) is 12.0 Å². The van der Waals surface area contributed by atoms with Crippen LogP contribution in [-0.2, 0) is 16.8 Å². The Kier molecular flexibility index (Phi) is 5.32. The SMILES string of the molecule is O=P(O)(O)c1cc(O)ccc1C(O)(O)CCCc1ccc(O)cc1. The number of phenolic OH excluding ortho intramolecular Hbond substituents is 2. The van der Waals surface area contributed by atoms with Crippen LogP contribution in [0, 0.1) is 0 Å². The first-order chi connectivity index (χ1) is 11.1. The summed E-state index contributed by atoms with van der Waals surface area (Å²) in [6.45, 7) is 0. The summed E-state index contributed by atoms with van der Waals surface area (Å²) in [5, 5.41) is 38.5. The molecule has 0 aliphatic carbocycles. The van der Waals surface area contributed by atoms with Gasteiger partial charge in [-0.25, -0.2) is 0 Å². The monoisotopic (exact) mass is 354 g/mol. The van der Waals surface area contributed by atoms with Crippen LogP contribution in [0.1, 0.15) is 24.0 Å². The zero-order chi connectivity index (χ0) is 18.0. The minimum absolute atomic E-state index is 0.132. The predicted octanol–water partition coefficient (Wildman–Crippen LogP) is 1.06. The van der Waals surface area contributed by atoms with Gasteiger partial charge in [-0.3, -0.25) is 4.57 Å². The lowest BCUT2D eigenvalue weighted by Crippen LogP contribution is -2.31. The molecule has 24 heavy (non-hydrogen) atoms. The van der Waals surface area contributed by atoms with Gasteiger partial charge >= 0.3 is 7.60 Å². The number of aliphatic hydroxyl groups is 2. The third-order valence-electron chi connectivity index (χ3n) is 3.65. The highest BCUT2D eigenvalue weighted by molar-refractivity contribution is 7.60. The fourth-order valence-electron chi connectivity index (χ4n) is 2.44. The molecule has 0 spiro atoms. The maximum Gasteiger partial charge on any atom is 0.356 e. The van der Waals surface area contributed by atoms with E-state index in [9.17, 15) is 34.8 Å². The summed E-state index contributed by atoms with van der Waals surface area (Å²) >= 11 is 0. The lowest BCUT2D eigenvalue weighted by atomic mass is 9.98. The van der Waals surface area contributed by atoms with Crippen molar-refractivity contribution in [3.63, 3.8) is 0 Å². The molecule has 0 aliphatic rings. The molecule has 0 amide bonds. The van der Waals surface area contributed by atoms with Crippen molar-refractivity contribution in [2.45, 2.75) is 25.0 Å². The summed E-state index contributed by atoms with van der Waals surface area (Å²) in [6.07, 6.45) is 0.664. The summed E-state index contributed by atoms with van der Waals surface area (Å²) in [5.74, 6) is -2.69. The lowest BCUT2D eigenvalue weighted by Gasteiger charge is -2.25. The average molecular weight is 354 g/mol. The maximum atomic E-state index is 11.5. The van der Waals surface area contributed by atoms with Crippen LogP contribution in [0.15, 0.2) is 42.5 Å². The molecule has 6 N–H and O–H groups in total. The van der Waals surface area contributed by atoms with E-state index >= 15 is 0 Å². The Bertz CT molecular complexity index is 750. The molecule has 130 valence electrons. The molecule has 2 aromatic rings. The van der Waals surface area contributed by atoms with Gasteiger partial charge in [0.15, 0.2) is 5.79 Å². The van der Waals surface area contributed by atoms with Gasteiger partial charge < -0.3 is 30.2 Å². The smallest absolute Gasteiger partial charge is 0.356 e. The first-order valence-electron chi connectivity index (χ1n) is 7.22. The molecule has 0 saturated heterocycles. The van der Waals surface area contributed by atoms with Crippen LogP contribution in [0.4, 0.5) is 0 Å². The second-order valence-electron chi connectivity index (χ2n) is 5.58. The van der Waals surface area contributed by atoms with E-state index in [1.165, 1.54) is 12.1 Å². The van der Waals surface area contributed by atoms with E-state index in [-0.39, 0.29) is 23.5 Å². The van der Waals surface area contributed by atoms with E-state index in [4.69, 9.17) is 0 Å². The van der Waals surface area contributed by atoms with Crippen LogP contribution in [0.3, 0.4) is 0 Å². The van der Waals surface area contributed by atoms with Gasteiger partial charge in [0.05, 0.1) is 5.30 Å². The highest BCUT2D eigenvalue weighted by atomic mass is 31.2. The normalized spacial score (nSPS) is 12.3. The predicted molar refractivity (Wildman–Crippen MR) is 86.9 cm³/mol. The van der Waals surface area contributed by atoms with E-state index in [0.29, 0.717) is 12.8 Å². The molecule has 0 radical (unpaired) electrons. The van der Waals surface area contributed by atoms with E-state index in [1.807, 2.05) is 0 Å². The minimum atomic E-state index is -4.78. The largest absolute Gasteiger partial charge is 0.508 e. The maximum absolute atomic E-state index is 11.5. The Balaban J connectivity index is 2.15. The van der Waals surface area contributed by atoms with E-state index in [2.05, 4.69) is 0 Å². The molecular weight excluding hydrogens is 335 g/mol. The van der Waals surface area contributed by atoms with Crippen molar-refractivity contribution >= 4 is 12.9 Å². The molecule has 0 unspecified atom stereocenters. The van der Waals surface area contributed by atoms with Crippen molar-refractivity contribution in [3.8, 4) is 11.5 Å². The van der Waals surface area contributed by atoms with Gasteiger partial charge in [0.25, 0.3) is 0 Å². The van der Waals surface area contributed by atoms with E-state index in [0.717, 1.165) is 23.8 Å². The first kappa shape index (κ1) is 18.4. The van der Waals surface area contributed by atoms with Crippen LogP contribution in [-0.4, -0.2) is 30.2 Å². The van der Waals surface area contributed by atoms with Crippen molar-refractivity contribution < 1.29 is 34.8 Å². The van der Waals surface area contributed by atoms with Crippen molar-refractivity contribution in [1.82, 2.24) is 0 Å². The molecule has 0 atom stereocenters. The molecule has 7 nitrogen and oxygen atoms in total. The standard InChI is InChI=1S/C16H19O7P/c17-12-5-3-11(4-6-12)2-1-9-16(19,20)14-8-7-13(18)10-15(14)24(21,22)23/h3-8,10,17-20H,1-2,9H2,(H2,21,22,23). The third-order valence-corrected chi connectivity index (χ3v) is 4.65. The number of benzene rings is 2. The average Bonchev–Trinajstić information content (AvgIpc) is 2.48. The Morgan fingerprint density at radius 2 is 1.50 bits per heavy atom. The number of aryl methyl sites for hydroxylation is 1. The molecule has 0 heterocycles.